The van der Waals surface area contributed by atoms with Gasteiger partial charge < -0.3 is 0 Å². The number of aromatic nitrogens is 7. The third kappa shape index (κ3) is 4.26. The standard InChI is InChI=1S/C24H29N7O/c1-23(2,3)21-27-31(24(4,5)6)22(32)30(21)15-16-10-12-17(13-11-16)18-8-7-9-19(14-18)20-25-28-29-26-20/h7-14H,15H2,1-6H3,(H,25,26,28,29). The quantitative estimate of drug-likeness (QED) is 0.527. The van der Waals surface area contributed by atoms with Crippen molar-refractivity contribution in [1.82, 2.24) is 35.0 Å². The van der Waals surface area contributed by atoms with Gasteiger partial charge in [0.1, 0.15) is 5.82 Å². The van der Waals surface area contributed by atoms with Gasteiger partial charge >= 0.3 is 5.69 Å². The van der Waals surface area contributed by atoms with Gasteiger partial charge in [-0.2, -0.15) is 10.3 Å². The molecule has 0 atom stereocenters. The second kappa shape index (κ2) is 7.85. The molecule has 0 amide bonds. The Morgan fingerprint density at radius 1 is 0.906 bits per heavy atom. The van der Waals surface area contributed by atoms with Crippen LogP contribution in [0.5, 0.6) is 0 Å². The van der Waals surface area contributed by atoms with Crippen LogP contribution in [0.1, 0.15) is 52.9 Å². The molecule has 0 aliphatic carbocycles. The highest BCUT2D eigenvalue weighted by Gasteiger charge is 2.28. The van der Waals surface area contributed by atoms with Gasteiger partial charge in [0.25, 0.3) is 0 Å². The first-order valence-electron chi connectivity index (χ1n) is 10.7. The van der Waals surface area contributed by atoms with Crippen LogP contribution >= 0.6 is 0 Å². The van der Waals surface area contributed by atoms with Crippen LogP contribution in [0.4, 0.5) is 0 Å². The van der Waals surface area contributed by atoms with Crippen LogP contribution < -0.4 is 5.69 Å². The van der Waals surface area contributed by atoms with Crippen LogP contribution in [0.15, 0.2) is 53.3 Å². The molecule has 32 heavy (non-hydrogen) atoms. The number of tetrazole rings is 1. The highest BCUT2D eigenvalue weighted by Crippen LogP contribution is 2.26. The predicted octanol–water partition coefficient (Wildman–Crippen LogP) is 3.99. The molecule has 2 aromatic heterocycles. The minimum Gasteiger partial charge on any atom is -0.274 e. The molecule has 0 fully saturated rings. The summed E-state index contributed by atoms with van der Waals surface area (Å²) in [4.78, 5) is 13.2. The summed E-state index contributed by atoms with van der Waals surface area (Å²) in [5.41, 5.74) is 3.38. The van der Waals surface area contributed by atoms with Crippen molar-refractivity contribution >= 4 is 0 Å². The van der Waals surface area contributed by atoms with Crippen molar-refractivity contribution in [2.75, 3.05) is 0 Å². The normalized spacial score (nSPS) is 12.3. The molecule has 4 aromatic rings. The first-order valence-corrected chi connectivity index (χ1v) is 10.7. The Kier molecular flexibility index (Phi) is 5.32. The van der Waals surface area contributed by atoms with Crippen molar-refractivity contribution in [3.05, 3.63) is 70.4 Å². The van der Waals surface area contributed by atoms with E-state index in [1.165, 1.54) is 0 Å². The van der Waals surface area contributed by atoms with Gasteiger partial charge in [-0.15, -0.1) is 10.2 Å². The number of nitrogens with zero attached hydrogens (tertiary/aromatic N) is 6. The molecule has 2 heterocycles. The summed E-state index contributed by atoms with van der Waals surface area (Å²) in [6.45, 7) is 12.7. The summed E-state index contributed by atoms with van der Waals surface area (Å²) < 4.78 is 3.38. The second-order valence-electron chi connectivity index (χ2n) is 10.0. The summed E-state index contributed by atoms with van der Waals surface area (Å²) in [5, 5.41) is 18.9. The Morgan fingerprint density at radius 3 is 2.19 bits per heavy atom. The van der Waals surface area contributed by atoms with Gasteiger partial charge in [-0.1, -0.05) is 63.2 Å². The molecule has 1 N–H and O–H groups in total. The number of nitrogens with one attached hydrogen (secondary N) is 1. The lowest BCUT2D eigenvalue weighted by molar-refractivity contribution is 0.337. The van der Waals surface area contributed by atoms with Crippen LogP contribution in [0.3, 0.4) is 0 Å². The SMILES string of the molecule is CC(C)(C)c1nn(C(C)(C)C)c(=O)n1Cc1ccc(-c2cccc(-c3nn[nH]n3)c2)cc1. The third-order valence-electron chi connectivity index (χ3n) is 5.26. The Morgan fingerprint density at radius 2 is 1.59 bits per heavy atom. The molecule has 0 unspecified atom stereocenters. The van der Waals surface area contributed by atoms with E-state index in [4.69, 9.17) is 5.10 Å². The average Bonchev–Trinajstić information content (AvgIpc) is 3.37. The summed E-state index contributed by atoms with van der Waals surface area (Å²) >= 11 is 0. The molecule has 4 rings (SSSR count). The zero-order chi connectivity index (χ0) is 23.1. The molecule has 0 aliphatic heterocycles. The summed E-state index contributed by atoms with van der Waals surface area (Å²) in [7, 11) is 0. The molecular formula is C24H29N7O. The second-order valence-corrected chi connectivity index (χ2v) is 10.0. The van der Waals surface area contributed by atoms with Crippen molar-refractivity contribution < 1.29 is 0 Å². The maximum Gasteiger partial charge on any atom is 0.346 e. The third-order valence-corrected chi connectivity index (χ3v) is 5.26. The molecule has 8 heteroatoms. The van der Waals surface area contributed by atoms with E-state index in [1.54, 1.807) is 9.25 Å². The van der Waals surface area contributed by atoms with E-state index >= 15 is 0 Å². The van der Waals surface area contributed by atoms with E-state index in [-0.39, 0.29) is 16.6 Å². The summed E-state index contributed by atoms with van der Waals surface area (Å²) in [5.74, 6) is 1.35. The molecule has 0 saturated heterocycles. The predicted molar refractivity (Wildman–Crippen MR) is 124 cm³/mol. The molecule has 166 valence electrons. The van der Waals surface area contributed by atoms with Crippen molar-refractivity contribution in [2.24, 2.45) is 0 Å². The molecule has 8 nitrogen and oxygen atoms in total. The summed E-state index contributed by atoms with van der Waals surface area (Å²) in [6, 6.07) is 16.3. The maximum absolute atomic E-state index is 13.2. The van der Waals surface area contributed by atoms with E-state index in [1.807, 2.05) is 45.0 Å². The molecule has 0 radical (unpaired) electrons. The number of hydrogen-bond donors (Lipinski definition) is 1. The minimum absolute atomic E-state index is 0.0840. The van der Waals surface area contributed by atoms with Gasteiger partial charge in [-0.25, -0.2) is 9.48 Å². The van der Waals surface area contributed by atoms with E-state index in [0.717, 1.165) is 28.1 Å². The van der Waals surface area contributed by atoms with Crippen molar-refractivity contribution in [3.63, 3.8) is 0 Å². The lowest BCUT2D eigenvalue weighted by Gasteiger charge is -2.19. The first kappa shape index (κ1) is 21.7. The number of hydrogen-bond acceptors (Lipinski definition) is 5. The molecule has 2 aromatic carbocycles. The summed E-state index contributed by atoms with van der Waals surface area (Å²) in [6.07, 6.45) is 0. The Hall–Kier alpha value is -3.55. The number of H-pyrrole nitrogens is 1. The number of aromatic amines is 1. The Bertz CT molecular complexity index is 1270. The van der Waals surface area contributed by atoms with Crippen LogP contribution in [0.2, 0.25) is 0 Å². The van der Waals surface area contributed by atoms with E-state index in [0.29, 0.717) is 12.4 Å². The van der Waals surface area contributed by atoms with Gasteiger partial charge in [0, 0.05) is 11.0 Å². The zero-order valence-electron chi connectivity index (χ0n) is 19.4. The van der Waals surface area contributed by atoms with Gasteiger partial charge in [-0.05, 0) is 48.7 Å². The Labute approximate surface area is 187 Å². The number of rotatable bonds is 4. The highest BCUT2D eigenvalue weighted by molar-refractivity contribution is 5.70. The van der Waals surface area contributed by atoms with Gasteiger partial charge in [0.15, 0.2) is 0 Å². The van der Waals surface area contributed by atoms with Crippen LogP contribution in [-0.2, 0) is 17.5 Å². The molecule has 0 bridgehead atoms. The molecule has 0 spiro atoms. The topological polar surface area (TPSA) is 94.3 Å². The fraction of sp³-hybridized carbons (Fsp3) is 0.375. The highest BCUT2D eigenvalue weighted by atomic mass is 16.2. The minimum atomic E-state index is -0.379. The van der Waals surface area contributed by atoms with Crippen molar-refractivity contribution in [1.29, 1.82) is 0 Å². The lowest BCUT2D eigenvalue weighted by Crippen LogP contribution is -2.36. The van der Waals surface area contributed by atoms with Crippen LogP contribution in [0, 0.1) is 0 Å². The molecule has 0 aliphatic rings. The Balaban J connectivity index is 1.65. The van der Waals surface area contributed by atoms with Gasteiger partial charge in [0.05, 0.1) is 12.1 Å². The van der Waals surface area contributed by atoms with Crippen LogP contribution in [0.25, 0.3) is 22.5 Å². The first-order chi connectivity index (χ1) is 15.0. The van der Waals surface area contributed by atoms with Gasteiger partial charge in [-0.3, -0.25) is 4.57 Å². The van der Waals surface area contributed by atoms with Crippen molar-refractivity contribution in [2.45, 2.75) is 59.0 Å². The smallest absolute Gasteiger partial charge is 0.274 e. The monoisotopic (exact) mass is 431 g/mol. The number of benzene rings is 2. The van der Waals surface area contributed by atoms with E-state index < -0.39 is 0 Å². The average molecular weight is 432 g/mol. The van der Waals surface area contributed by atoms with Gasteiger partial charge in [0.2, 0.25) is 5.82 Å². The lowest BCUT2D eigenvalue weighted by atomic mass is 9.95. The van der Waals surface area contributed by atoms with E-state index in [2.05, 4.69) is 65.7 Å². The molecular weight excluding hydrogens is 402 g/mol. The zero-order valence-corrected chi connectivity index (χ0v) is 19.4. The van der Waals surface area contributed by atoms with Crippen LogP contribution in [-0.4, -0.2) is 35.0 Å². The largest absolute Gasteiger partial charge is 0.346 e. The van der Waals surface area contributed by atoms with Crippen molar-refractivity contribution in [3.8, 4) is 22.5 Å². The fourth-order valence-electron chi connectivity index (χ4n) is 3.64. The maximum atomic E-state index is 13.2. The molecule has 0 saturated carbocycles. The fourth-order valence-corrected chi connectivity index (χ4v) is 3.64. The van der Waals surface area contributed by atoms with E-state index in [9.17, 15) is 4.79 Å².